The van der Waals surface area contributed by atoms with Crippen molar-refractivity contribution in [1.29, 1.82) is 0 Å². The molecule has 2 atom stereocenters. The molecule has 6 heteroatoms. The van der Waals surface area contributed by atoms with Crippen molar-refractivity contribution in [2.24, 2.45) is 5.92 Å². The van der Waals surface area contributed by atoms with Crippen LogP contribution in [0.3, 0.4) is 0 Å². The fourth-order valence-corrected chi connectivity index (χ4v) is 5.84. The van der Waals surface area contributed by atoms with Crippen LogP contribution in [0, 0.1) is 5.92 Å². The van der Waals surface area contributed by atoms with Crippen LogP contribution in [0.2, 0.25) is 0 Å². The zero-order valence-corrected chi connectivity index (χ0v) is 14.3. The number of rotatable bonds is 5. The van der Waals surface area contributed by atoms with Crippen LogP contribution in [0.1, 0.15) is 26.7 Å². The number of piperidine rings is 1. The number of hydrogen-bond donors (Lipinski definition) is 1. The molecule has 1 aliphatic heterocycles. The largest absolute Gasteiger partial charge is 0.399 e. The molecular formula is C15H24N2O2S2. The van der Waals surface area contributed by atoms with E-state index in [1.54, 1.807) is 16.1 Å². The van der Waals surface area contributed by atoms with Crippen LogP contribution in [0.5, 0.6) is 0 Å². The summed E-state index contributed by atoms with van der Waals surface area (Å²) in [6.07, 6.45) is 1.92. The zero-order chi connectivity index (χ0) is 15.5. The van der Waals surface area contributed by atoms with Crippen molar-refractivity contribution in [3.63, 3.8) is 0 Å². The molecule has 0 radical (unpaired) electrons. The van der Waals surface area contributed by atoms with Crippen LogP contribution in [-0.2, 0) is 10.0 Å². The van der Waals surface area contributed by atoms with Crippen molar-refractivity contribution >= 4 is 27.5 Å². The predicted octanol–water partition coefficient (Wildman–Crippen LogP) is 2.81. The fraction of sp³-hybridized carbons (Fsp3) is 0.600. The number of benzene rings is 1. The molecular weight excluding hydrogens is 304 g/mol. The first-order valence-corrected chi connectivity index (χ1v) is 9.96. The Morgan fingerprint density at radius 1 is 1.38 bits per heavy atom. The lowest BCUT2D eigenvalue weighted by atomic mass is 9.95. The van der Waals surface area contributed by atoms with Gasteiger partial charge in [-0.25, -0.2) is 8.42 Å². The first kappa shape index (κ1) is 16.6. The monoisotopic (exact) mass is 328 g/mol. The average Bonchev–Trinajstić information content (AvgIpc) is 2.38. The van der Waals surface area contributed by atoms with Gasteiger partial charge < -0.3 is 5.73 Å². The highest BCUT2D eigenvalue weighted by atomic mass is 32.2. The molecule has 1 heterocycles. The van der Waals surface area contributed by atoms with Gasteiger partial charge in [0.2, 0.25) is 10.0 Å². The number of nitrogens with two attached hydrogens (primary N) is 1. The van der Waals surface area contributed by atoms with Crippen molar-refractivity contribution in [2.45, 2.75) is 37.6 Å². The molecule has 1 aliphatic rings. The molecule has 1 fully saturated rings. The minimum absolute atomic E-state index is 0.121. The highest BCUT2D eigenvalue weighted by Crippen LogP contribution is 2.26. The van der Waals surface area contributed by atoms with Gasteiger partial charge in [-0.2, -0.15) is 4.31 Å². The highest BCUT2D eigenvalue weighted by Gasteiger charge is 2.31. The quantitative estimate of drug-likeness (QED) is 0.667. The van der Waals surface area contributed by atoms with Gasteiger partial charge >= 0.3 is 0 Å². The molecule has 1 aromatic carbocycles. The third-order valence-electron chi connectivity index (χ3n) is 3.90. The summed E-state index contributed by atoms with van der Waals surface area (Å²) >= 11 is 1.54. The minimum atomic E-state index is -3.15. The smallest absolute Gasteiger partial charge is 0.215 e. The summed E-state index contributed by atoms with van der Waals surface area (Å²) in [5.74, 6) is 1.36. The second-order valence-electron chi connectivity index (χ2n) is 5.83. The number of nitrogens with zero attached hydrogens (tertiary/aromatic N) is 1. The molecule has 0 spiro atoms. The van der Waals surface area contributed by atoms with E-state index < -0.39 is 10.0 Å². The maximum Gasteiger partial charge on any atom is 0.215 e. The fourth-order valence-electron chi connectivity index (χ4n) is 2.79. The van der Waals surface area contributed by atoms with E-state index in [1.165, 1.54) is 0 Å². The summed E-state index contributed by atoms with van der Waals surface area (Å²) in [7, 11) is -3.15. The molecule has 118 valence electrons. The normalized spacial score (nSPS) is 24.1. The summed E-state index contributed by atoms with van der Waals surface area (Å²) in [4.78, 5) is 1.02. The van der Waals surface area contributed by atoms with Gasteiger partial charge in [0.25, 0.3) is 0 Å². The maximum absolute atomic E-state index is 12.4. The first-order chi connectivity index (χ1) is 9.88. The van der Waals surface area contributed by atoms with E-state index in [2.05, 4.69) is 6.92 Å². The molecule has 0 saturated carbocycles. The van der Waals surface area contributed by atoms with Crippen LogP contribution in [0.15, 0.2) is 29.2 Å². The Bertz CT molecular complexity index is 575. The second kappa shape index (κ2) is 7.03. The van der Waals surface area contributed by atoms with E-state index in [9.17, 15) is 8.42 Å². The molecule has 1 saturated heterocycles. The molecule has 2 rings (SSSR count). The van der Waals surface area contributed by atoms with Gasteiger partial charge in [0.05, 0.1) is 5.75 Å². The molecule has 4 nitrogen and oxygen atoms in total. The van der Waals surface area contributed by atoms with Gasteiger partial charge in [0, 0.05) is 28.9 Å². The third-order valence-corrected chi connectivity index (χ3v) is 7.13. The summed E-state index contributed by atoms with van der Waals surface area (Å²) in [6.45, 7) is 4.86. The average molecular weight is 329 g/mol. The maximum atomic E-state index is 12.4. The molecule has 0 amide bonds. The summed E-state index contributed by atoms with van der Waals surface area (Å²) in [5.41, 5.74) is 6.43. The number of anilines is 1. The van der Waals surface area contributed by atoms with Crippen molar-refractivity contribution in [2.75, 3.05) is 23.8 Å². The number of thioether (sulfide) groups is 1. The van der Waals surface area contributed by atoms with Gasteiger partial charge in [-0.1, -0.05) is 13.0 Å². The van der Waals surface area contributed by atoms with Crippen LogP contribution in [-0.4, -0.2) is 36.8 Å². The van der Waals surface area contributed by atoms with Gasteiger partial charge in [-0.15, -0.1) is 11.8 Å². The Morgan fingerprint density at radius 2 is 2.14 bits per heavy atom. The lowest BCUT2D eigenvalue weighted by Crippen LogP contribution is -2.45. The zero-order valence-electron chi connectivity index (χ0n) is 12.7. The third kappa shape index (κ3) is 4.63. The van der Waals surface area contributed by atoms with Gasteiger partial charge in [0.15, 0.2) is 0 Å². The second-order valence-corrected chi connectivity index (χ2v) is 9.04. The molecule has 21 heavy (non-hydrogen) atoms. The van der Waals surface area contributed by atoms with Crippen molar-refractivity contribution in [3.8, 4) is 0 Å². The molecule has 0 aliphatic carbocycles. The Labute approximate surface area is 132 Å². The molecule has 2 unspecified atom stereocenters. The lowest BCUT2D eigenvalue weighted by molar-refractivity contribution is 0.220. The Balaban J connectivity index is 1.89. The van der Waals surface area contributed by atoms with Crippen molar-refractivity contribution in [1.82, 2.24) is 4.31 Å². The number of hydrogen-bond acceptors (Lipinski definition) is 4. The molecule has 0 bridgehead atoms. The van der Waals surface area contributed by atoms with E-state index in [1.807, 2.05) is 31.2 Å². The lowest BCUT2D eigenvalue weighted by Gasteiger charge is -2.35. The van der Waals surface area contributed by atoms with Crippen LogP contribution >= 0.6 is 11.8 Å². The SMILES string of the molecule is CC1CCN(S(=O)(=O)CCSc2cccc(N)c2)C(C)C1. The predicted molar refractivity (Wildman–Crippen MR) is 89.9 cm³/mol. The van der Waals surface area contributed by atoms with E-state index in [-0.39, 0.29) is 11.8 Å². The molecule has 0 aromatic heterocycles. The van der Waals surface area contributed by atoms with E-state index in [4.69, 9.17) is 5.73 Å². The van der Waals surface area contributed by atoms with Crippen LogP contribution in [0.4, 0.5) is 5.69 Å². The summed E-state index contributed by atoms with van der Waals surface area (Å²) in [5, 5.41) is 0. The Morgan fingerprint density at radius 3 is 2.81 bits per heavy atom. The number of sulfonamides is 1. The first-order valence-electron chi connectivity index (χ1n) is 7.36. The summed E-state index contributed by atoms with van der Waals surface area (Å²) in [6, 6.07) is 7.68. The minimum Gasteiger partial charge on any atom is -0.399 e. The van der Waals surface area contributed by atoms with Crippen molar-refractivity contribution in [3.05, 3.63) is 24.3 Å². The molecule has 2 N–H and O–H groups in total. The van der Waals surface area contributed by atoms with Crippen molar-refractivity contribution < 1.29 is 8.42 Å². The Kier molecular flexibility index (Phi) is 5.57. The van der Waals surface area contributed by atoms with Crippen LogP contribution in [0.25, 0.3) is 0 Å². The number of nitrogen functional groups attached to an aromatic ring is 1. The standard InChI is InChI=1S/C15H24N2O2S2/c1-12-6-7-17(13(2)10-12)21(18,19)9-8-20-15-5-3-4-14(16)11-15/h3-5,11-13H,6-10,16H2,1-2H3. The summed E-state index contributed by atoms with van der Waals surface area (Å²) < 4.78 is 26.6. The topological polar surface area (TPSA) is 63.4 Å². The van der Waals surface area contributed by atoms with E-state index in [0.717, 1.165) is 17.7 Å². The molecule has 1 aromatic rings. The van der Waals surface area contributed by atoms with Crippen LogP contribution < -0.4 is 5.73 Å². The van der Waals surface area contributed by atoms with E-state index >= 15 is 0 Å². The van der Waals surface area contributed by atoms with Gasteiger partial charge in [-0.05, 0) is 43.9 Å². The van der Waals surface area contributed by atoms with Gasteiger partial charge in [0.1, 0.15) is 0 Å². The van der Waals surface area contributed by atoms with E-state index in [0.29, 0.717) is 23.9 Å². The Hall–Kier alpha value is -0.720. The van der Waals surface area contributed by atoms with Gasteiger partial charge in [-0.3, -0.25) is 0 Å². The highest BCUT2D eigenvalue weighted by molar-refractivity contribution is 8.00.